The largest absolute Gasteiger partial charge is 0.393 e. The Kier molecular flexibility index (Phi) is 2.49. The van der Waals surface area contributed by atoms with Gasteiger partial charge in [-0.15, -0.1) is 0 Å². The summed E-state index contributed by atoms with van der Waals surface area (Å²) in [4.78, 5) is 0. The minimum Gasteiger partial charge on any atom is -0.393 e. The van der Waals surface area contributed by atoms with Gasteiger partial charge in [-0.25, -0.2) is 0 Å². The summed E-state index contributed by atoms with van der Waals surface area (Å²) in [6.07, 6.45) is 5.00. The van der Waals surface area contributed by atoms with Gasteiger partial charge in [-0.2, -0.15) is 0 Å². The monoisotopic (exact) mass is 128 g/mol. The van der Waals surface area contributed by atoms with Crippen molar-refractivity contribution in [1.29, 1.82) is 0 Å². The SMILES string of the molecule is NCC1CC[CH]CC1O. The van der Waals surface area contributed by atoms with Gasteiger partial charge in [0.2, 0.25) is 0 Å². The number of nitrogens with two attached hydrogens (primary N) is 1. The smallest absolute Gasteiger partial charge is 0.0583 e. The molecule has 1 radical (unpaired) electrons. The molecule has 0 spiro atoms. The van der Waals surface area contributed by atoms with Crippen LogP contribution in [0.1, 0.15) is 19.3 Å². The van der Waals surface area contributed by atoms with Crippen LogP contribution in [0.5, 0.6) is 0 Å². The number of hydrogen-bond donors (Lipinski definition) is 2. The highest BCUT2D eigenvalue weighted by atomic mass is 16.3. The van der Waals surface area contributed by atoms with Crippen LogP contribution in [-0.2, 0) is 0 Å². The first-order valence-electron chi connectivity index (χ1n) is 3.54. The molecule has 1 aliphatic rings. The average Bonchev–Trinajstić information content (AvgIpc) is 1.89. The minimum absolute atomic E-state index is 0.163. The number of hydrogen-bond acceptors (Lipinski definition) is 2. The quantitative estimate of drug-likeness (QED) is 0.534. The van der Waals surface area contributed by atoms with E-state index in [1.807, 2.05) is 0 Å². The van der Waals surface area contributed by atoms with Crippen LogP contribution in [0.4, 0.5) is 0 Å². The van der Waals surface area contributed by atoms with E-state index >= 15 is 0 Å². The Morgan fingerprint density at radius 1 is 1.67 bits per heavy atom. The van der Waals surface area contributed by atoms with Crippen LogP contribution in [0.25, 0.3) is 0 Å². The van der Waals surface area contributed by atoms with E-state index < -0.39 is 0 Å². The molecule has 0 bridgehead atoms. The van der Waals surface area contributed by atoms with Crippen molar-refractivity contribution >= 4 is 0 Å². The summed E-state index contributed by atoms with van der Waals surface area (Å²) in [5.74, 6) is 0.356. The Morgan fingerprint density at radius 3 is 2.89 bits per heavy atom. The molecule has 2 unspecified atom stereocenters. The van der Waals surface area contributed by atoms with E-state index in [0.29, 0.717) is 12.5 Å². The summed E-state index contributed by atoms with van der Waals surface area (Å²) >= 11 is 0. The third kappa shape index (κ3) is 1.66. The average molecular weight is 128 g/mol. The molecular formula is C7H14NO. The molecule has 9 heavy (non-hydrogen) atoms. The van der Waals surface area contributed by atoms with E-state index in [1.54, 1.807) is 0 Å². The molecule has 0 aromatic carbocycles. The topological polar surface area (TPSA) is 46.2 Å². The van der Waals surface area contributed by atoms with Crippen LogP contribution < -0.4 is 5.73 Å². The second kappa shape index (κ2) is 3.18. The molecule has 53 valence electrons. The molecule has 0 amide bonds. The molecule has 0 saturated heterocycles. The van der Waals surface area contributed by atoms with Gasteiger partial charge in [-0.1, -0.05) is 0 Å². The van der Waals surface area contributed by atoms with Crippen molar-refractivity contribution in [2.45, 2.75) is 25.4 Å². The first-order chi connectivity index (χ1) is 4.34. The highest BCUT2D eigenvalue weighted by Crippen LogP contribution is 2.21. The Hall–Kier alpha value is -0.0800. The zero-order valence-corrected chi connectivity index (χ0v) is 5.59. The lowest BCUT2D eigenvalue weighted by Crippen LogP contribution is -2.30. The van der Waals surface area contributed by atoms with Gasteiger partial charge in [-0.05, 0) is 38.1 Å². The van der Waals surface area contributed by atoms with Crippen molar-refractivity contribution in [1.82, 2.24) is 0 Å². The minimum atomic E-state index is -0.163. The third-order valence-corrected chi connectivity index (χ3v) is 2.00. The molecule has 0 aromatic rings. The van der Waals surface area contributed by atoms with E-state index in [1.165, 1.54) is 0 Å². The van der Waals surface area contributed by atoms with Crippen molar-refractivity contribution in [3.05, 3.63) is 6.42 Å². The summed E-state index contributed by atoms with van der Waals surface area (Å²) in [5.41, 5.74) is 5.42. The van der Waals surface area contributed by atoms with E-state index in [9.17, 15) is 5.11 Å². The molecule has 1 aliphatic carbocycles. The lowest BCUT2D eigenvalue weighted by Gasteiger charge is -2.25. The van der Waals surface area contributed by atoms with Gasteiger partial charge < -0.3 is 10.8 Å². The van der Waals surface area contributed by atoms with E-state index in [2.05, 4.69) is 6.42 Å². The van der Waals surface area contributed by atoms with Gasteiger partial charge in [0.05, 0.1) is 6.10 Å². The Balaban J connectivity index is 2.30. The van der Waals surface area contributed by atoms with Gasteiger partial charge in [0.1, 0.15) is 0 Å². The van der Waals surface area contributed by atoms with Crippen LogP contribution in [-0.4, -0.2) is 17.8 Å². The number of rotatable bonds is 1. The fourth-order valence-electron chi connectivity index (χ4n) is 1.28. The van der Waals surface area contributed by atoms with E-state index in [0.717, 1.165) is 19.3 Å². The number of aliphatic hydroxyl groups is 1. The Bertz CT molecular complexity index is 85.0. The maximum Gasteiger partial charge on any atom is 0.0583 e. The summed E-state index contributed by atoms with van der Waals surface area (Å²) in [6, 6.07) is 0. The molecular weight excluding hydrogens is 114 g/mol. The summed E-state index contributed by atoms with van der Waals surface area (Å²) in [7, 11) is 0. The van der Waals surface area contributed by atoms with Crippen LogP contribution in [0.15, 0.2) is 0 Å². The van der Waals surface area contributed by atoms with Gasteiger partial charge in [-0.3, -0.25) is 0 Å². The molecule has 0 aliphatic heterocycles. The molecule has 1 fully saturated rings. The molecule has 0 heterocycles. The van der Waals surface area contributed by atoms with Crippen molar-refractivity contribution in [3.8, 4) is 0 Å². The maximum atomic E-state index is 9.26. The molecule has 1 saturated carbocycles. The zero-order valence-electron chi connectivity index (χ0n) is 5.59. The second-order valence-corrected chi connectivity index (χ2v) is 2.66. The summed E-state index contributed by atoms with van der Waals surface area (Å²) in [6.45, 7) is 0.634. The van der Waals surface area contributed by atoms with Gasteiger partial charge in [0.25, 0.3) is 0 Å². The van der Waals surface area contributed by atoms with Gasteiger partial charge in [0, 0.05) is 0 Å². The highest BCUT2D eigenvalue weighted by Gasteiger charge is 2.20. The predicted molar refractivity (Wildman–Crippen MR) is 36.7 cm³/mol. The van der Waals surface area contributed by atoms with E-state index in [4.69, 9.17) is 5.73 Å². The van der Waals surface area contributed by atoms with Crippen molar-refractivity contribution in [3.63, 3.8) is 0 Å². The van der Waals surface area contributed by atoms with E-state index in [-0.39, 0.29) is 6.10 Å². The predicted octanol–water partition coefficient (Wildman–Crippen LogP) is 0.310. The third-order valence-electron chi connectivity index (χ3n) is 2.00. The fourth-order valence-corrected chi connectivity index (χ4v) is 1.28. The molecule has 2 nitrogen and oxygen atoms in total. The van der Waals surface area contributed by atoms with Gasteiger partial charge in [0.15, 0.2) is 0 Å². The molecule has 2 atom stereocenters. The van der Waals surface area contributed by atoms with Crippen molar-refractivity contribution < 1.29 is 5.11 Å². The Labute approximate surface area is 56.1 Å². The highest BCUT2D eigenvalue weighted by molar-refractivity contribution is 4.83. The Morgan fingerprint density at radius 2 is 2.44 bits per heavy atom. The normalized spacial score (nSPS) is 36.7. The lowest BCUT2D eigenvalue weighted by molar-refractivity contribution is 0.0909. The van der Waals surface area contributed by atoms with Crippen molar-refractivity contribution in [2.24, 2.45) is 11.7 Å². The molecule has 1 rings (SSSR count). The van der Waals surface area contributed by atoms with Crippen LogP contribution in [0, 0.1) is 12.3 Å². The van der Waals surface area contributed by atoms with Crippen LogP contribution in [0.2, 0.25) is 0 Å². The molecule has 3 N–H and O–H groups in total. The molecule has 0 aromatic heterocycles. The fraction of sp³-hybridized carbons (Fsp3) is 0.857. The zero-order chi connectivity index (χ0) is 6.69. The van der Waals surface area contributed by atoms with Crippen LogP contribution in [0.3, 0.4) is 0 Å². The first kappa shape index (κ1) is 7.03. The maximum absolute atomic E-state index is 9.26. The number of aliphatic hydroxyl groups excluding tert-OH is 1. The lowest BCUT2D eigenvalue weighted by atomic mass is 9.87. The van der Waals surface area contributed by atoms with Gasteiger partial charge >= 0.3 is 0 Å². The first-order valence-corrected chi connectivity index (χ1v) is 3.54. The standard InChI is InChI=1S/C7H14NO/c8-5-6-3-1-2-4-7(6)9/h2,6-7,9H,1,3-5,8H2. The summed E-state index contributed by atoms with van der Waals surface area (Å²) in [5, 5.41) is 9.26. The van der Waals surface area contributed by atoms with Crippen LogP contribution >= 0.6 is 0 Å². The van der Waals surface area contributed by atoms with Crippen molar-refractivity contribution in [2.75, 3.05) is 6.54 Å². The molecule has 2 heteroatoms. The second-order valence-electron chi connectivity index (χ2n) is 2.66. The summed E-state index contributed by atoms with van der Waals surface area (Å²) < 4.78 is 0.